The Kier molecular flexibility index (Phi) is 7.34. The number of ether oxygens (including phenoxy) is 1. The van der Waals surface area contributed by atoms with Crippen LogP contribution in [0.15, 0.2) is 18.3 Å². The second kappa shape index (κ2) is 9.04. The summed E-state index contributed by atoms with van der Waals surface area (Å²) in [5, 5.41) is 0. The Labute approximate surface area is 120 Å². The minimum atomic E-state index is -4.75. The highest BCUT2D eigenvalue weighted by Crippen LogP contribution is 2.23. The molecular formula is C13H18F3N3O2. The van der Waals surface area contributed by atoms with Crippen molar-refractivity contribution in [3.8, 4) is 5.75 Å². The average molecular weight is 305 g/mol. The molecule has 1 amide bonds. The Bertz CT molecular complexity index is 412. The zero-order valence-electron chi connectivity index (χ0n) is 11.4. The first kappa shape index (κ1) is 17.1. The van der Waals surface area contributed by atoms with Gasteiger partial charge in [-0.05, 0) is 6.07 Å². The van der Waals surface area contributed by atoms with E-state index in [-0.39, 0.29) is 5.82 Å². The third kappa shape index (κ3) is 8.72. The van der Waals surface area contributed by atoms with E-state index in [1.807, 2.05) is 5.43 Å². The molecule has 0 spiro atoms. The van der Waals surface area contributed by atoms with Crippen molar-refractivity contribution in [2.75, 3.05) is 5.43 Å². The number of aromatic nitrogens is 1. The van der Waals surface area contributed by atoms with Gasteiger partial charge in [0.05, 0.1) is 0 Å². The summed E-state index contributed by atoms with van der Waals surface area (Å²) in [5.74, 6) is -0.392. The van der Waals surface area contributed by atoms with E-state index in [0.717, 1.165) is 18.3 Å². The molecule has 2 rings (SSSR count). The second-order valence-electron chi connectivity index (χ2n) is 4.43. The lowest BCUT2D eigenvalue weighted by atomic mass is 10.0. The lowest BCUT2D eigenvalue weighted by Gasteiger charge is -2.09. The number of amides is 1. The first-order valence-corrected chi connectivity index (χ1v) is 6.68. The predicted octanol–water partition coefficient (Wildman–Crippen LogP) is 3.39. The lowest BCUT2D eigenvalue weighted by Crippen LogP contribution is -2.20. The van der Waals surface area contributed by atoms with Gasteiger partial charge in [0, 0.05) is 12.3 Å². The van der Waals surface area contributed by atoms with E-state index in [9.17, 15) is 18.0 Å². The fourth-order valence-corrected chi connectivity index (χ4v) is 1.84. The van der Waals surface area contributed by atoms with Crippen LogP contribution in [-0.4, -0.2) is 17.8 Å². The van der Waals surface area contributed by atoms with Gasteiger partial charge >= 0.3 is 6.36 Å². The van der Waals surface area contributed by atoms with E-state index >= 15 is 0 Å². The first-order chi connectivity index (χ1) is 10.0. The summed E-state index contributed by atoms with van der Waals surface area (Å²) < 4.78 is 39.0. The van der Waals surface area contributed by atoms with Crippen molar-refractivity contribution in [1.82, 2.24) is 10.4 Å². The number of hydrazine groups is 1. The molecule has 0 radical (unpaired) electrons. The zero-order valence-corrected chi connectivity index (χ0v) is 11.4. The Morgan fingerprint density at radius 1 is 1.14 bits per heavy atom. The highest BCUT2D eigenvalue weighted by atomic mass is 19.4. The van der Waals surface area contributed by atoms with Gasteiger partial charge in [0.25, 0.3) is 0 Å². The van der Waals surface area contributed by atoms with Crippen LogP contribution in [0.1, 0.15) is 38.5 Å². The van der Waals surface area contributed by atoms with E-state index in [1.54, 1.807) is 0 Å². The molecule has 0 bridgehead atoms. The number of halogens is 3. The van der Waals surface area contributed by atoms with Crippen LogP contribution in [0.4, 0.5) is 19.0 Å². The number of alkyl halides is 3. The number of nitrogens with zero attached hydrogens (tertiary/aromatic N) is 1. The summed E-state index contributed by atoms with van der Waals surface area (Å²) >= 11 is 0. The van der Waals surface area contributed by atoms with E-state index < -0.39 is 12.1 Å². The van der Waals surface area contributed by atoms with Crippen LogP contribution < -0.4 is 15.6 Å². The largest absolute Gasteiger partial charge is 0.573 e. The first-order valence-electron chi connectivity index (χ1n) is 6.68. The van der Waals surface area contributed by atoms with E-state index in [4.69, 9.17) is 0 Å². The molecule has 1 heterocycles. The van der Waals surface area contributed by atoms with E-state index in [0.29, 0.717) is 6.41 Å². The fraction of sp³-hybridized carbons (Fsp3) is 0.538. The quantitative estimate of drug-likeness (QED) is 0.661. The molecular weight excluding hydrogens is 287 g/mol. The molecule has 0 atom stereocenters. The molecule has 5 nitrogen and oxygen atoms in total. The van der Waals surface area contributed by atoms with E-state index in [2.05, 4.69) is 15.1 Å². The Balaban J connectivity index is 0.000000304. The number of carbonyl (C=O) groups is 1. The number of pyridine rings is 1. The minimum absolute atomic E-state index is 0.0313. The summed E-state index contributed by atoms with van der Waals surface area (Å²) in [6, 6.07) is 2.03. The third-order valence-electron chi connectivity index (χ3n) is 2.72. The number of carbonyl (C=O) groups excluding carboxylic acids is 1. The van der Waals surface area contributed by atoms with Crippen LogP contribution in [0.2, 0.25) is 0 Å². The van der Waals surface area contributed by atoms with Gasteiger partial charge in [-0.2, -0.15) is 0 Å². The third-order valence-corrected chi connectivity index (χ3v) is 2.72. The maximum Gasteiger partial charge on any atom is 0.573 e. The highest BCUT2D eigenvalue weighted by Gasteiger charge is 2.31. The molecule has 0 saturated heterocycles. The Morgan fingerprint density at radius 2 is 1.71 bits per heavy atom. The van der Waals surface area contributed by atoms with Crippen LogP contribution in [-0.2, 0) is 4.79 Å². The SMILES string of the molecule is C1CCCCC1.O=CNNc1cc(OC(F)(F)F)ccn1. The number of anilines is 1. The molecule has 21 heavy (non-hydrogen) atoms. The molecule has 1 aromatic rings. The molecule has 0 aliphatic heterocycles. The highest BCUT2D eigenvalue weighted by molar-refractivity contribution is 5.51. The van der Waals surface area contributed by atoms with Crippen LogP contribution in [0.3, 0.4) is 0 Å². The number of rotatable bonds is 4. The molecule has 1 aliphatic carbocycles. The molecule has 2 N–H and O–H groups in total. The van der Waals surface area contributed by atoms with Crippen molar-refractivity contribution >= 4 is 12.2 Å². The van der Waals surface area contributed by atoms with Crippen molar-refractivity contribution in [3.05, 3.63) is 18.3 Å². The normalized spacial score (nSPS) is 14.4. The van der Waals surface area contributed by atoms with Gasteiger partial charge in [-0.15, -0.1) is 13.2 Å². The Morgan fingerprint density at radius 3 is 2.19 bits per heavy atom. The monoisotopic (exact) mass is 305 g/mol. The van der Waals surface area contributed by atoms with Gasteiger partial charge in [-0.3, -0.25) is 15.6 Å². The topological polar surface area (TPSA) is 63.2 Å². The van der Waals surface area contributed by atoms with Crippen LogP contribution >= 0.6 is 0 Å². The number of hydrogen-bond acceptors (Lipinski definition) is 4. The standard InChI is InChI=1S/C7H6F3N3O2.C6H12/c8-7(9,10)15-5-1-2-11-6(3-5)13-12-4-14;1-2-4-6-5-3-1/h1-4H,(H,11,13)(H,12,14);1-6H2. The van der Waals surface area contributed by atoms with Gasteiger partial charge in [-0.1, -0.05) is 38.5 Å². The van der Waals surface area contributed by atoms with Crippen molar-refractivity contribution in [2.45, 2.75) is 44.9 Å². The lowest BCUT2D eigenvalue weighted by molar-refractivity contribution is -0.274. The van der Waals surface area contributed by atoms with Gasteiger partial charge in [0.2, 0.25) is 6.41 Å². The minimum Gasteiger partial charge on any atom is -0.406 e. The van der Waals surface area contributed by atoms with Gasteiger partial charge in [0.1, 0.15) is 11.6 Å². The molecule has 1 saturated carbocycles. The van der Waals surface area contributed by atoms with Gasteiger partial charge in [0.15, 0.2) is 0 Å². The smallest absolute Gasteiger partial charge is 0.406 e. The summed E-state index contributed by atoms with van der Waals surface area (Å²) in [5.41, 5.74) is 4.27. The number of nitrogens with one attached hydrogen (secondary N) is 2. The van der Waals surface area contributed by atoms with Crippen molar-refractivity contribution in [3.63, 3.8) is 0 Å². The summed E-state index contributed by atoms with van der Waals surface area (Å²) in [6.45, 7) is 0. The maximum absolute atomic E-state index is 11.8. The summed E-state index contributed by atoms with van der Waals surface area (Å²) in [7, 11) is 0. The summed E-state index contributed by atoms with van der Waals surface area (Å²) in [4.78, 5) is 13.5. The molecule has 1 aliphatic rings. The van der Waals surface area contributed by atoms with Crippen molar-refractivity contribution in [1.29, 1.82) is 0 Å². The maximum atomic E-state index is 11.8. The van der Waals surface area contributed by atoms with Gasteiger partial charge in [-0.25, -0.2) is 4.98 Å². The average Bonchev–Trinajstić information content (AvgIpc) is 2.46. The fourth-order valence-electron chi connectivity index (χ4n) is 1.84. The van der Waals surface area contributed by atoms with Crippen LogP contribution in [0.5, 0.6) is 5.75 Å². The van der Waals surface area contributed by atoms with Crippen molar-refractivity contribution in [2.24, 2.45) is 0 Å². The second-order valence-corrected chi connectivity index (χ2v) is 4.43. The molecule has 8 heteroatoms. The molecule has 0 aromatic carbocycles. The predicted molar refractivity (Wildman–Crippen MR) is 71.4 cm³/mol. The van der Waals surface area contributed by atoms with Crippen LogP contribution in [0, 0.1) is 0 Å². The molecule has 1 fully saturated rings. The molecule has 118 valence electrons. The van der Waals surface area contributed by atoms with Crippen LogP contribution in [0.25, 0.3) is 0 Å². The van der Waals surface area contributed by atoms with E-state index in [1.165, 1.54) is 38.5 Å². The Hall–Kier alpha value is -1.99. The molecule has 1 aromatic heterocycles. The van der Waals surface area contributed by atoms with Gasteiger partial charge < -0.3 is 4.74 Å². The molecule has 0 unspecified atom stereocenters. The number of hydrogen-bond donors (Lipinski definition) is 2. The summed E-state index contributed by atoms with van der Waals surface area (Å²) in [6.07, 6.45) is 5.67. The zero-order chi connectivity index (χ0) is 15.6. The van der Waals surface area contributed by atoms with Crippen molar-refractivity contribution < 1.29 is 22.7 Å².